The van der Waals surface area contributed by atoms with Crippen molar-refractivity contribution in [3.63, 3.8) is 0 Å². The number of esters is 1. The zero-order chi connectivity index (χ0) is 14.1. The number of thiocarbonyl (C=S) groups is 1. The molecule has 1 aromatic rings. The first-order valence-electron chi connectivity index (χ1n) is 5.87. The number of hydrogen-bond donors (Lipinski definition) is 1. The van der Waals surface area contributed by atoms with Crippen molar-refractivity contribution in [1.29, 1.82) is 0 Å². The summed E-state index contributed by atoms with van der Waals surface area (Å²) in [5.41, 5.74) is 1.42. The molecule has 0 fully saturated rings. The SMILES string of the molecule is C=C(C)C(=O)OCCNC(=S)OCc1ccccc1. The molecule has 0 radical (unpaired) electrons. The molecule has 0 aliphatic heterocycles. The van der Waals surface area contributed by atoms with Crippen LogP contribution in [0, 0.1) is 0 Å². The molecule has 5 heteroatoms. The fraction of sp³-hybridized carbons (Fsp3) is 0.286. The number of nitrogens with one attached hydrogen (secondary N) is 1. The number of ether oxygens (including phenoxy) is 2. The van der Waals surface area contributed by atoms with Gasteiger partial charge < -0.3 is 14.8 Å². The van der Waals surface area contributed by atoms with E-state index in [1.165, 1.54) is 0 Å². The van der Waals surface area contributed by atoms with Gasteiger partial charge in [-0.2, -0.15) is 0 Å². The van der Waals surface area contributed by atoms with Gasteiger partial charge in [-0.3, -0.25) is 0 Å². The van der Waals surface area contributed by atoms with Crippen LogP contribution in [0.1, 0.15) is 12.5 Å². The Bertz CT molecular complexity index is 445. The summed E-state index contributed by atoms with van der Waals surface area (Å²) in [6.45, 7) is 6.13. The van der Waals surface area contributed by atoms with Crippen LogP contribution in [0.15, 0.2) is 42.5 Å². The predicted molar refractivity (Wildman–Crippen MR) is 77.6 cm³/mol. The maximum atomic E-state index is 11.1. The molecule has 0 spiro atoms. The fourth-order valence-corrected chi connectivity index (χ4v) is 1.36. The standard InChI is InChI=1S/C14H17NO3S/c1-11(2)13(16)17-9-8-15-14(19)18-10-12-6-4-3-5-7-12/h3-7H,1,8-10H2,2H3,(H,15,19). The van der Waals surface area contributed by atoms with E-state index >= 15 is 0 Å². The third-order valence-corrected chi connectivity index (χ3v) is 2.43. The maximum Gasteiger partial charge on any atom is 0.333 e. The second kappa shape index (κ2) is 8.26. The average Bonchev–Trinajstić information content (AvgIpc) is 2.42. The van der Waals surface area contributed by atoms with Gasteiger partial charge in [0.15, 0.2) is 0 Å². The van der Waals surface area contributed by atoms with Crippen LogP contribution in [0.25, 0.3) is 0 Å². The van der Waals surface area contributed by atoms with Gasteiger partial charge in [-0.15, -0.1) is 0 Å². The molecule has 0 heterocycles. The number of carbonyl (C=O) groups excluding carboxylic acids is 1. The molecule has 0 unspecified atom stereocenters. The highest BCUT2D eigenvalue weighted by Gasteiger charge is 2.03. The molecule has 4 nitrogen and oxygen atoms in total. The summed E-state index contributed by atoms with van der Waals surface area (Å²) in [4.78, 5) is 11.1. The first-order chi connectivity index (χ1) is 9.09. The molecule has 0 aromatic heterocycles. The zero-order valence-corrected chi connectivity index (χ0v) is 11.7. The van der Waals surface area contributed by atoms with Gasteiger partial charge in [0, 0.05) is 5.57 Å². The number of carbonyl (C=O) groups is 1. The third-order valence-electron chi connectivity index (χ3n) is 2.17. The summed E-state index contributed by atoms with van der Waals surface area (Å²) in [7, 11) is 0. The highest BCUT2D eigenvalue weighted by molar-refractivity contribution is 7.80. The van der Waals surface area contributed by atoms with Crippen LogP contribution in [0.5, 0.6) is 0 Å². The van der Waals surface area contributed by atoms with Crippen LogP contribution in [-0.4, -0.2) is 24.3 Å². The summed E-state index contributed by atoms with van der Waals surface area (Å²) in [6, 6.07) is 9.73. The van der Waals surface area contributed by atoms with Crippen molar-refractivity contribution in [2.24, 2.45) is 0 Å². The van der Waals surface area contributed by atoms with Gasteiger partial charge in [-0.25, -0.2) is 4.79 Å². The molecular weight excluding hydrogens is 262 g/mol. The minimum Gasteiger partial charge on any atom is -0.466 e. The minimum atomic E-state index is -0.405. The molecular formula is C14H17NO3S. The summed E-state index contributed by atoms with van der Waals surface area (Å²) < 4.78 is 10.2. The number of benzene rings is 1. The highest BCUT2D eigenvalue weighted by Crippen LogP contribution is 2.00. The van der Waals surface area contributed by atoms with Gasteiger partial charge >= 0.3 is 5.97 Å². The fourth-order valence-electron chi connectivity index (χ4n) is 1.19. The van der Waals surface area contributed by atoms with E-state index in [1.54, 1.807) is 6.92 Å². The summed E-state index contributed by atoms with van der Waals surface area (Å²) in [5, 5.41) is 3.14. The molecule has 1 rings (SSSR count). The maximum absolute atomic E-state index is 11.1. The first-order valence-corrected chi connectivity index (χ1v) is 6.27. The Morgan fingerprint density at radius 3 is 2.63 bits per heavy atom. The number of rotatable bonds is 6. The van der Waals surface area contributed by atoms with Crippen molar-refractivity contribution in [3.05, 3.63) is 48.0 Å². The second-order valence-electron chi connectivity index (χ2n) is 3.90. The van der Waals surface area contributed by atoms with Crippen molar-refractivity contribution in [2.75, 3.05) is 13.2 Å². The van der Waals surface area contributed by atoms with E-state index in [1.807, 2.05) is 30.3 Å². The summed E-state index contributed by atoms with van der Waals surface area (Å²) in [5.74, 6) is -0.405. The molecule has 0 saturated carbocycles. The van der Waals surface area contributed by atoms with E-state index in [-0.39, 0.29) is 11.8 Å². The molecule has 0 amide bonds. The van der Waals surface area contributed by atoms with Gasteiger partial charge in [-0.05, 0) is 24.7 Å². The topological polar surface area (TPSA) is 47.6 Å². The Kier molecular flexibility index (Phi) is 6.60. The first kappa shape index (κ1) is 15.2. The molecule has 0 saturated heterocycles. The molecule has 1 N–H and O–H groups in total. The third kappa shape index (κ3) is 6.57. The van der Waals surface area contributed by atoms with Gasteiger partial charge in [-0.1, -0.05) is 36.9 Å². The lowest BCUT2D eigenvalue weighted by atomic mass is 10.2. The van der Waals surface area contributed by atoms with Gasteiger partial charge in [0.25, 0.3) is 5.17 Å². The van der Waals surface area contributed by atoms with E-state index in [0.717, 1.165) is 5.56 Å². The molecule has 0 bridgehead atoms. The van der Waals surface area contributed by atoms with Gasteiger partial charge in [0.05, 0.1) is 6.54 Å². The lowest BCUT2D eigenvalue weighted by molar-refractivity contribution is -0.138. The van der Waals surface area contributed by atoms with Gasteiger partial charge in [0.1, 0.15) is 13.2 Å². The molecule has 102 valence electrons. The van der Waals surface area contributed by atoms with E-state index in [0.29, 0.717) is 18.7 Å². The monoisotopic (exact) mass is 279 g/mol. The predicted octanol–water partition coefficient (Wildman–Crippen LogP) is 2.20. The molecule has 0 aliphatic carbocycles. The average molecular weight is 279 g/mol. The van der Waals surface area contributed by atoms with Crippen LogP contribution < -0.4 is 5.32 Å². The normalized spacial score (nSPS) is 9.53. The molecule has 1 aromatic carbocycles. The Morgan fingerprint density at radius 1 is 1.32 bits per heavy atom. The molecule has 0 atom stereocenters. The van der Waals surface area contributed by atoms with E-state index in [9.17, 15) is 4.79 Å². The largest absolute Gasteiger partial charge is 0.466 e. The van der Waals surface area contributed by atoms with Crippen molar-refractivity contribution in [1.82, 2.24) is 5.32 Å². The Labute approximate surface area is 118 Å². The molecule has 19 heavy (non-hydrogen) atoms. The van der Waals surface area contributed by atoms with Crippen LogP contribution >= 0.6 is 12.2 Å². The number of hydrogen-bond acceptors (Lipinski definition) is 4. The van der Waals surface area contributed by atoms with Crippen molar-refractivity contribution in [3.8, 4) is 0 Å². The lowest BCUT2D eigenvalue weighted by Crippen LogP contribution is -2.28. The van der Waals surface area contributed by atoms with Crippen LogP contribution in [-0.2, 0) is 20.9 Å². The lowest BCUT2D eigenvalue weighted by Gasteiger charge is -2.10. The molecule has 0 aliphatic rings. The smallest absolute Gasteiger partial charge is 0.333 e. The van der Waals surface area contributed by atoms with Crippen LogP contribution in [0.3, 0.4) is 0 Å². The van der Waals surface area contributed by atoms with E-state index < -0.39 is 5.97 Å². The van der Waals surface area contributed by atoms with Crippen molar-refractivity contribution >= 4 is 23.4 Å². The van der Waals surface area contributed by atoms with Crippen LogP contribution in [0.2, 0.25) is 0 Å². The minimum absolute atomic E-state index is 0.223. The summed E-state index contributed by atoms with van der Waals surface area (Å²) >= 11 is 4.99. The zero-order valence-electron chi connectivity index (χ0n) is 10.8. The Hall–Kier alpha value is -1.88. The summed E-state index contributed by atoms with van der Waals surface area (Å²) in [6.07, 6.45) is 0. The van der Waals surface area contributed by atoms with Crippen molar-refractivity contribution in [2.45, 2.75) is 13.5 Å². The van der Waals surface area contributed by atoms with Gasteiger partial charge in [0.2, 0.25) is 0 Å². The van der Waals surface area contributed by atoms with E-state index in [2.05, 4.69) is 11.9 Å². The van der Waals surface area contributed by atoms with Crippen LogP contribution in [0.4, 0.5) is 0 Å². The quantitative estimate of drug-likeness (QED) is 0.374. The second-order valence-corrected chi connectivity index (χ2v) is 4.28. The van der Waals surface area contributed by atoms with E-state index in [4.69, 9.17) is 21.7 Å². The van der Waals surface area contributed by atoms with Crippen molar-refractivity contribution < 1.29 is 14.3 Å². The highest BCUT2D eigenvalue weighted by atomic mass is 32.1. The Morgan fingerprint density at radius 2 is 2.00 bits per heavy atom. The Balaban J connectivity index is 2.12.